The molecule has 168 valence electrons. The Labute approximate surface area is 186 Å². The summed E-state index contributed by atoms with van der Waals surface area (Å²) in [5, 5.41) is 0.746. The third kappa shape index (κ3) is 4.54. The van der Waals surface area contributed by atoms with Gasteiger partial charge in [-0.3, -0.25) is 14.4 Å². The van der Waals surface area contributed by atoms with Gasteiger partial charge in [-0.2, -0.15) is 0 Å². The topological polar surface area (TPSA) is 109 Å². The van der Waals surface area contributed by atoms with Crippen LogP contribution in [0.2, 0.25) is 0 Å². The molecule has 1 atom stereocenters. The molecule has 0 bridgehead atoms. The van der Waals surface area contributed by atoms with Gasteiger partial charge in [0, 0.05) is 36.7 Å². The monoisotopic (exact) mass is 444 g/mol. The highest BCUT2D eigenvalue weighted by Gasteiger charge is 2.32. The van der Waals surface area contributed by atoms with Gasteiger partial charge in [-0.1, -0.05) is 20.8 Å². The van der Waals surface area contributed by atoms with Crippen molar-refractivity contribution in [3.63, 3.8) is 0 Å². The van der Waals surface area contributed by atoms with E-state index in [0.29, 0.717) is 50.5 Å². The molecule has 2 amide bonds. The Morgan fingerprint density at radius 2 is 1.94 bits per heavy atom. The number of aromatic amines is 1. The molecule has 3 N–H and O–H groups in total. The Balaban J connectivity index is 1.45. The largest absolute Gasteiger partial charge is 0.369 e. The summed E-state index contributed by atoms with van der Waals surface area (Å²) >= 11 is 1.64. The van der Waals surface area contributed by atoms with Gasteiger partial charge in [-0.05, 0) is 49.0 Å². The molecule has 0 radical (unpaired) electrons. The van der Waals surface area contributed by atoms with E-state index in [9.17, 15) is 14.4 Å². The van der Waals surface area contributed by atoms with Crippen LogP contribution in [0.5, 0.6) is 0 Å². The summed E-state index contributed by atoms with van der Waals surface area (Å²) in [6.07, 6.45) is 5.00. The van der Waals surface area contributed by atoms with Crippen molar-refractivity contribution in [2.45, 2.75) is 65.7 Å². The van der Waals surface area contributed by atoms with Crippen LogP contribution in [0.4, 0.5) is 0 Å². The van der Waals surface area contributed by atoms with E-state index in [0.717, 1.165) is 29.5 Å². The number of primary amides is 1. The van der Waals surface area contributed by atoms with E-state index in [4.69, 9.17) is 10.7 Å². The van der Waals surface area contributed by atoms with Gasteiger partial charge in [-0.25, -0.2) is 4.98 Å². The van der Waals surface area contributed by atoms with E-state index >= 15 is 0 Å². The average Bonchev–Trinajstić information content (AvgIpc) is 3.09. The second kappa shape index (κ2) is 8.37. The van der Waals surface area contributed by atoms with Gasteiger partial charge in [-0.15, -0.1) is 11.3 Å². The van der Waals surface area contributed by atoms with E-state index in [-0.39, 0.29) is 28.7 Å². The number of thiophene rings is 1. The number of rotatable bonds is 4. The summed E-state index contributed by atoms with van der Waals surface area (Å²) in [6.45, 7) is 7.97. The zero-order valence-corrected chi connectivity index (χ0v) is 19.4. The minimum absolute atomic E-state index is 0.0316. The highest BCUT2D eigenvalue weighted by Crippen LogP contribution is 2.42. The SMILES string of the molecule is CC(C)(C)C1CCc2c(sc3nc(CCC(=O)N4CCC(C(N)=O)CC4)[nH]c(=O)c23)C1. The molecular weight excluding hydrogens is 412 g/mol. The lowest BCUT2D eigenvalue weighted by molar-refractivity contribution is -0.134. The minimum atomic E-state index is -0.283. The third-order valence-electron chi connectivity index (χ3n) is 7.02. The van der Waals surface area contributed by atoms with Crippen LogP contribution in [0, 0.1) is 17.3 Å². The van der Waals surface area contributed by atoms with Crippen LogP contribution in [0.1, 0.15) is 62.7 Å². The fourth-order valence-electron chi connectivity index (χ4n) is 4.88. The van der Waals surface area contributed by atoms with Crippen LogP contribution in [-0.2, 0) is 28.9 Å². The van der Waals surface area contributed by atoms with Gasteiger partial charge < -0.3 is 15.6 Å². The number of amides is 2. The predicted molar refractivity (Wildman–Crippen MR) is 122 cm³/mol. The first-order valence-corrected chi connectivity index (χ1v) is 12.1. The molecule has 2 aromatic rings. The molecule has 0 spiro atoms. The molecule has 2 aromatic heterocycles. The van der Waals surface area contributed by atoms with Crippen LogP contribution in [0.25, 0.3) is 10.2 Å². The van der Waals surface area contributed by atoms with Gasteiger partial charge >= 0.3 is 0 Å². The predicted octanol–water partition coefficient (Wildman–Crippen LogP) is 2.79. The van der Waals surface area contributed by atoms with Gasteiger partial charge in [0.1, 0.15) is 10.7 Å². The number of carbonyl (C=O) groups excluding carboxylic acids is 2. The van der Waals surface area contributed by atoms with Crippen LogP contribution >= 0.6 is 11.3 Å². The standard InChI is InChI=1S/C23H32N4O3S/c1-23(2,3)14-4-5-15-16(12-14)31-22-19(15)21(30)25-17(26-22)6-7-18(28)27-10-8-13(9-11-27)20(24)29/h13-14H,4-12H2,1-3H3,(H2,24,29)(H,25,26,30). The molecule has 2 aliphatic rings. The maximum absolute atomic E-state index is 12.8. The number of hydrogen-bond acceptors (Lipinski definition) is 5. The number of nitrogens with zero attached hydrogens (tertiary/aromatic N) is 2. The molecule has 7 nitrogen and oxygen atoms in total. The third-order valence-corrected chi connectivity index (χ3v) is 8.17. The quantitative estimate of drug-likeness (QED) is 0.756. The Kier molecular flexibility index (Phi) is 5.94. The van der Waals surface area contributed by atoms with Crippen LogP contribution in [-0.4, -0.2) is 39.8 Å². The summed E-state index contributed by atoms with van der Waals surface area (Å²) < 4.78 is 0. The smallest absolute Gasteiger partial charge is 0.259 e. The fraction of sp³-hybridized carbons (Fsp3) is 0.652. The molecule has 4 rings (SSSR count). The molecular formula is C23H32N4O3S. The number of aromatic nitrogens is 2. The number of piperidine rings is 1. The summed E-state index contributed by atoms with van der Waals surface area (Å²) in [6, 6.07) is 0. The van der Waals surface area contributed by atoms with Gasteiger partial charge in [0.2, 0.25) is 11.8 Å². The Morgan fingerprint density at radius 3 is 2.58 bits per heavy atom. The number of nitrogens with one attached hydrogen (secondary N) is 1. The number of likely N-dealkylation sites (tertiary alicyclic amines) is 1. The van der Waals surface area contributed by atoms with Crippen molar-refractivity contribution in [2.24, 2.45) is 23.0 Å². The zero-order valence-electron chi connectivity index (χ0n) is 18.6. The summed E-state index contributed by atoms with van der Waals surface area (Å²) in [5.74, 6) is 0.804. The first kappa shape index (κ1) is 22.0. The maximum Gasteiger partial charge on any atom is 0.259 e. The second-order valence-electron chi connectivity index (χ2n) is 10.1. The molecule has 1 saturated heterocycles. The van der Waals surface area contributed by atoms with Crippen molar-refractivity contribution in [3.05, 3.63) is 26.6 Å². The molecule has 8 heteroatoms. The maximum atomic E-state index is 12.8. The Morgan fingerprint density at radius 1 is 1.23 bits per heavy atom. The lowest BCUT2D eigenvalue weighted by Gasteiger charge is -2.33. The van der Waals surface area contributed by atoms with Crippen molar-refractivity contribution in [1.82, 2.24) is 14.9 Å². The van der Waals surface area contributed by atoms with Crippen molar-refractivity contribution in [3.8, 4) is 0 Å². The molecule has 1 aliphatic heterocycles. The van der Waals surface area contributed by atoms with Gasteiger partial charge in [0.15, 0.2) is 0 Å². The first-order valence-electron chi connectivity index (χ1n) is 11.2. The van der Waals surface area contributed by atoms with Crippen molar-refractivity contribution in [1.29, 1.82) is 0 Å². The number of carbonyl (C=O) groups is 2. The lowest BCUT2D eigenvalue weighted by Crippen LogP contribution is -2.41. The van der Waals surface area contributed by atoms with Crippen molar-refractivity contribution in [2.75, 3.05) is 13.1 Å². The van der Waals surface area contributed by atoms with E-state index < -0.39 is 0 Å². The number of hydrogen-bond donors (Lipinski definition) is 2. The van der Waals surface area contributed by atoms with E-state index in [1.165, 1.54) is 10.4 Å². The summed E-state index contributed by atoms with van der Waals surface area (Å²) in [4.78, 5) is 48.2. The van der Waals surface area contributed by atoms with Crippen molar-refractivity contribution < 1.29 is 9.59 Å². The second-order valence-corrected chi connectivity index (χ2v) is 11.1. The average molecular weight is 445 g/mol. The van der Waals surface area contributed by atoms with Gasteiger partial charge in [0.05, 0.1) is 5.39 Å². The Bertz CT molecular complexity index is 1060. The highest BCUT2D eigenvalue weighted by atomic mass is 32.1. The van der Waals surface area contributed by atoms with E-state index in [2.05, 4.69) is 25.8 Å². The van der Waals surface area contributed by atoms with Crippen LogP contribution < -0.4 is 11.3 Å². The number of fused-ring (bicyclic) bond motifs is 3. The van der Waals surface area contributed by atoms with E-state index in [1.54, 1.807) is 16.2 Å². The molecule has 1 fully saturated rings. The summed E-state index contributed by atoms with van der Waals surface area (Å²) in [5.41, 5.74) is 6.71. The number of H-pyrrole nitrogens is 1. The molecule has 31 heavy (non-hydrogen) atoms. The first-order chi connectivity index (χ1) is 14.6. The van der Waals surface area contributed by atoms with Crippen LogP contribution in [0.15, 0.2) is 4.79 Å². The minimum Gasteiger partial charge on any atom is -0.369 e. The lowest BCUT2D eigenvalue weighted by atomic mass is 9.72. The zero-order chi connectivity index (χ0) is 22.3. The summed E-state index contributed by atoms with van der Waals surface area (Å²) in [7, 11) is 0. The molecule has 0 aromatic carbocycles. The fourth-order valence-corrected chi connectivity index (χ4v) is 6.20. The molecule has 3 heterocycles. The molecule has 0 saturated carbocycles. The number of nitrogens with two attached hydrogens (primary N) is 1. The van der Waals surface area contributed by atoms with Crippen LogP contribution in [0.3, 0.4) is 0 Å². The Hall–Kier alpha value is -2.22. The van der Waals surface area contributed by atoms with E-state index in [1.807, 2.05) is 0 Å². The number of aryl methyl sites for hydroxylation is 2. The highest BCUT2D eigenvalue weighted by molar-refractivity contribution is 7.18. The molecule has 1 unspecified atom stereocenters. The molecule has 1 aliphatic carbocycles. The van der Waals surface area contributed by atoms with Gasteiger partial charge in [0.25, 0.3) is 5.56 Å². The van der Waals surface area contributed by atoms with Crippen molar-refractivity contribution >= 4 is 33.4 Å². The normalized spacial score (nSPS) is 20.1.